The van der Waals surface area contributed by atoms with E-state index in [9.17, 15) is 13.6 Å². The molecule has 2 aliphatic rings. The van der Waals surface area contributed by atoms with E-state index in [4.69, 9.17) is 4.74 Å². The van der Waals surface area contributed by atoms with E-state index in [1.165, 1.54) is 6.07 Å². The molecule has 18 heavy (non-hydrogen) atoms. The normalized spacial score (nSPS) is 20.2. The van der Waals surface area contributed by atoms with E-state index in [1.807, 2.05) is 0 Å². The van der Waals surface area contributed by atoms with Gasteiger partial charge in [-0.05, 0) is 18.6 Å². The molecule has 6 heteroatoms. The van der Waals surface area contributed by atoms with Crippen molar-refractivity contribution in [1.29, 1.82) is 0 Å². The molecule has 2 heterocycles. The molecule has 4 nitrogen and oxygen atoms in total. The molecule has 0 saturated carbocycles. The summed E-state index contributed by atoms with van der Waals surface area (Å²) in [6.45, 7) is 1.59. The van der Waals surface area contributed by atoms with Crippen LogP contribution in [0, 0.1) is 11.6 Å². The molecule has 1 spiro atoms. The number of likely N-dealkylation sites (tertiary alicyclic amines) is 1. The average Bonchev–Trinajstić information content (AvgIpc) is 2.20. The molecule has 0 unspecified atom stereocenters. The van der Waals surface area contributed by atoms with Gasteiger partial charge in [-0.25, -0.2) is 13.6 Å². The second-order valence-electron chi connectivity index (χ2n) is 4.65. The third-order valence-corrected chi connectivity index (χ3v) is 3.55. The van der Waals surface area contributed by atoms with Crippen molar-refractivity contribution < 1.29 is 18.3 Å². The zero-order valence-electron chi connectivity index (χ0n) is 9.58. The summed E-state index contributed by atoms with van der Waals surface area (Å²) in [5, 5.41) is 2.29. The lowest BCUT2D eigenvalue weighted by atomic mass is 9.83. The first kappa shape index (κ1) is 11.4. The molecular weight excluding hydrogens is 242 g/mol. The first-order valence-electron chi connectivity index (χ1n) is 5.73. The summed E-state index contributed by atoms with van der Waals surface area (Å²) in [4.78, 5) is 13.5. The Hall–Kier alpha value is -1.69. The van der Waals surface area contributed by atoms with Gasteiger partial charge in [0.2, 0.25) is 0 Å². The average molecular weight is 254 g/mol. The van der Waals surface area contributed by atoms with Crippen LogP contribution in [0.3, 0.4) is 0 Å². The lowest BCUT2D eigenvalue weighted by Gasteiger charge is -2.57. The first-order valence-corrected chi connectivity index (χ1v) is 5.73. The van der Waals surface area contributed by atoms with Crippen LogP contribution in [-0.2, 0) is 4.74 Å². The minimum atomic E-state index is -0.775. The van der Waals surface area contributed by atoms with Gasteiger partial charge in [0.15, 0.2) is 0 Å². The van der Waals surface area contributed by atoms with Gasteiger partial charge in [0.25, 0.3) is 0 Å². The summed E-state index contributed by atoms with van der Waals surface area (Å²) in [6, 6.07) is 2.99. The highest BCUT2D eigenvalue weighted by Crippen LogP contribution is 2.37. The molecule has 0 atom stereocenters. The number of ether oxygens (including phenoxy) is 1. The minimum Gasteiger partial charge on any atom is -0.376 e. The van der Waals surface area contributed by atoms with Gasteiger partial charge in [-0.2, -0.15) is 0 Å². The van der Waals surface area contributed by atoms with Crippen molar-refractivity contribution in [3.8, 4) is 0 Å². The molecule has 1 N–H and O–H groups in total. The van der Waals surface area contributed by atoms with Crippen molar-refractivity contribution in [2.75, 3.05) is 25.1 Å². The van der Waals surface area contributed by atoms with Crippen molar-refractivity contribution in [1.82, 2.24) is 4.90 Å². The molecule has 2 aliphatic heterocycles. The van der Waals surface area contributed by atoms with Crippen LogP contribution in [0.15, 0.2) is 18.2 Å². The highest BCUT2D eigenvalue weighted by Gasteiger charge is 2.53. The largest absolute Gasteiger partial charge is 0.376 e. The third-order valence-electron chi connectivity index (χ3n) is 3.55. The van der Waals surface area contributed by atoms with E-state index in [1.54, 1.807) is 4.90 Å². The summed E-state index contributed by atoms with van der Waals surface area (Å²) in [6.07, 6.45) is 0.875. The summed E-state index contributed by atoms with van der Waals surface area (Å²) in [7, 11) is 0. The fraction of sp³-hybridized carbons (Fsp3) is 0.417. The number of rotatable bonds is 1. The number of anilines is 1. The van der Waals surface area contributed by atoms with Crippen LogP contribution in [0.4, 0.5) is 19.3 Å². The topological polar surface area (TPSA) is 41.6 Å². The van der Waals surface area contributed by atoms with Crippen molar-refractivity contribution in [3.63, 3.8) is 0 Å². The fourth-order valence-electron chi connectivity index (χ4n) is 2.29. The maximum atomic E-state index is 13.4. The highest BCUT2D eigenvalue weighted by atomic mass is 19.1. The number of hydrogen-bond acceptors (Lipinski definition) is 2. The number of urea groups is 1. The predicted molar refractivity (Wildman–Crippen MR) is 60.2 cm³/mol. The Morgan fingerprint density at radius 2 is 2.00 bits per heavy atom. The number of amides is 2. The SMILES string of the molecule is O=C(Nc1c(F)cccc1F)N1CCC12COC2. The van der Waals surface area contributed by atoms with Crippen LogP contribution < -0.4 is 5.32 Å². The van der Waals surface area contributed by atoms with Crippen LogP contribution in [0.1, 0.15) is 6.42 Å². The lowest BCUT2D eigenvalue weighted by molar-refractivity contribution is -0.168. The number of para-hydroxylation sites is 1. The van der Waals surface area contributed by atoms with Gasteiger partial charge in [-0.1, -0.05) is 6.07 Å². The molecule has 2 fully saturated rings. The van der Waals surface area contributed by atoms with Gasteiger partial charge in [0, 0.05) is 6.54 Å². The fourth-order valence-corrected chi connectivity index (χ4v) is 2.29. The molecule has 2 amide bonds. The zero-order valence-corrected chi connectivity index (χ0v) is 9.58. The number of halogens is 2. The van der Waals surface area contributed by atoms with Gasteiger partial charge in [-0.15, -0.1) is 0 Å². The molecule has 0 bridgehead atoms. The molecule has 0 aromatic heterocycles. The maximum absolute atomic E-state index is 13.4. The third kappa shape index (κ3) is 1.56. The molecule has 1 aromatic rings. The number of nitrogens with one attached hydrogen (secondary N) is 1. The Morgan fingerprint density at radius 1 is 1.33 bits per heavy atom. The zero-order chi connectivity index (χ0) is 12.8. The van der Waals surface area contributed by atoms with Gasteiger partial charge in [-0.3, -0.25) is 0 Å². The second kappa shape index (κ2) is 3.91. The maximum Gasteiger partial charge on any atom is 0.322 e. The minimum absolute atomic E-state index is 0.244. The molecule has 3 rings (SSSR count). The van der Waals surface area contributed by atoms with E-state index in [0.29, 0.717) is 19.8 Å². The van der Waals surface area contributed by atoms with Crippen LogP contribution >= 0.6 is 0 Å². The summed E-state index contributed by atoms with van der Waals surface area (Å²) < 4.78 is 31.9. The van der Waals surface area contributed by atoms with E-state index in [0.717, 1.165) is 18.6 Å². The highest BCUT2D eigenvalue weighted by molar-refractivity contribution is 5.90. The van der Waals surface area contributed by atoms with E-state index in [2.05, 4.69) is 5.32 Å². The number of hydrogen-bond donors (Lipinski definition) is 1. The quantitative estimate of drug-likeness (QED) is 0.832. The van der Waals surface area contributed by atoms with Gasteiger partial charge in [0.05, 0.1) is 18.8 Å². The Balaban J connectivity index is 1.75. The molecule has 0 radical (unpaired) electrons. The Bertz CT molecular complexity index is 477. The van der Waals surface area contributed by atoms with Crippen LogP contribution in [0.2, 0.25) is 0 Å². The van der Waals surface area contributed by atoms with Crippen molar-refractivity contribution >= 4 is 11.7 Å². The Labute approximate surface area is 103 Å². The summed E-state index contributed by atoms with van der Waals surface area (Å²) in [5.74, 6) is -1.55. The Kier molecular flexibility index (Phi) is 2.48. The number of nitrogens with zero attached hydrogens (tertiary/aromatic N) is 1. The van der Waals surface area contributed by atoms with Crippen LogP contribution in [-0.4, -0.2) is 36.2 Å². The van der Waals surface area contributed by atoms with Crippen LogP contribution in [0.25, 0.3) is 0 Å². The van der Waals surface area contributed by atoms with Crippen molar-refractivity contribution in [2.45, 2.75) is 12.0 Å². The smallest absolute Gasteiger partial charge is 0.322 e. The van der Waals surface area contributed by atoms with Crippen LogP contribution in [0.5, 0.6) is 0 Å². The summed E-state index contributed by atoms with van der Waals surface area (Å²) >= 11 is 0. The van der Waals surface area contributed by atoms with Gasteiger partial charge < -0.3 is 15.0 Å². The van der Waals surface area contributed by atoms with E-state index < -0.39 is 23.4 Å². The lowest BCUT2D eigenvalue weighted by Crippen LogP contribution is -2.72. The molecule has 2 saturated heterocycles. The van der Waals surface area contributed by atoms with Crippen molar-refractivity contribution in [3.05, 3.63) is 29.8 Å². The van der Waals surface area contributed by atoms with Gasteiger partial charge >= 0.3 is 6.03 Å². The second-order valence-corrected chi connectivity index (χ2v) is 4.65. The first-order chi connectivity index (χ1) is 8.62. The van der Waals surface area contributed by atoms with E-state index >= 15 is 0 Å². The standard InChI is InChI=1S/C12H12F2N2O2/c13-8-2-1-3-9(14)10(8)15-11(17)16-5-4-12(16)6-18-7-12/h1-3H,4-7H2,(H,15,17). The number of benzene rings is 1. The molecule has 1 aromatic carbocycles. The number of carbonyl (C=O) groups is 1. The molecule has 0 aliphatic carbocycles. The summed E-state index contributed by atoms with van der Waals surface area (Å²) in [5.41, 5.74) is -0.643. The molecule has 96 valence electrons. The number of carbonyl (C=O) groups excluding carboxylic acids is 1. The Morgan fingerprint density at radius 3 is 2.44 bits per heavy atom. The predicted octanol–water partition coefficient (Wildman–Crippen LogP) is 1.97. The van der Waals surface area contributed by atoms with Crippen molar-refractivity contribution in [2.24, 2.45) is 0 Å². The van der Waals surface area contributed by atoms with E-state index in [-0.39, 0.29) is 5.54 Å². The molecular formula is C12H12F2N2O2. The van der Waals surface area contributed by atoms with Gasteiger partial charge in [0.1, 0.15) is 17.3 Å². The monoisotopic (exact) mass is 254 g/mol.